The zero-order chi connectivity index (χ0) is 20.3. The number of aryl methyl sites for hydroxylation is 1. The molecule has 3 rings (SSSR count). The summed E-state index contributed by atoms with van der Waals surface area (Å²) in [6.45, 7) is 1.68. The average Bonchev–Trinajstić information content (AvgIpc) is 2.69. The second kappa shape index (κ2) is 8.26. The molecule has 0 saturated carbocycles. The number of nitrogens with one attached hydrogen (secondary N) is 1. The molecular weight excluding hydrogens is 378 g/mol. The summed E-state index contributed by atoms with van der Waals surface area (Å²) in [5, 5.41) is 3.08. The van der Waals surface area contributed by atoms with E-state index in [4.69, 9.17) is 4.74 Å². The Morgan fingerprint density at radius 3 is 2.75 bits per heavy atom. The van der Waals surface area contributed by atoms with Crippen LogP contribution in [0.2, 0.25) is 0 Å². The Hall–Kier alpha value is -3.13. The molecule has 0 bridgehead atoms. The number of nitrogens with zero attached hydrogens (tertiary/aromatic N) is 2. The van der Waals surface area contributed by atoms with Crippen molar-refractivity contribution in [2.24, 2.45) is 0 Å². The predicted molar refractivity (Wildman–Crippen MR) is 109 cm³/mol. The molecular formula is C20H19N3O4S. The topological polar surface area (TPSA) is 90.3 Å². The van der Waals surface area contributed by atoms with Gasteiger partial charge in [0.2, 0.25) is 11.3 Å². The minimum Gasteiger partial charge on any atom is -0.465 e. The number of esters is 1. The third kappa shape index (κ3) is 4.07. The van der Waals surface area contributed by atoms with Gasteiger partial charge in [-0.1, -0.05) is 6.07 Å². The molecule has 0 fully saturated rings. The summed E-state index contributed by atoms with van der Waals surface area (Å²) in [6.07, 6.45) is 3.27. The number of carbonyl (C=O) groups is 2. The van der Waals surface area contributed by atoms with E-state index in [0.29, 0.717) is 17.0 Å². The number of anilines is 1. The number of benzene rings is 1. The minimum absolute atomic E-state index is 0.110. The van der Waals surface area contributed by atoms with E-state index < -0.39 is 11.4 Å². The molecule has 1 N–H and O–H groups in total. The highest BCUT2D eigenvalue weighted by Crippen LogP contribution is 2.19. The number of rotatable bonds is 5. The maximum Gasteiger partial charge on any atom is 0.343 e. The molecule has 0 unspecified atom stereocenters. The van der Waals surface area contributed by atoms with Crippen molar-refractivity contribution < 1.29 is 14.3 Å². The minimum atomic E-state index is -0.755. The maximum absolute atomic E-state index is 12.6. The number of methoxy groups -OCH3 is 1. The Morgan fingerprint density at radius 2 is 2.04 bits per heavy atom. The second-order valence-electron chi connectivity index (χ2n) is 6.10. The van der Waals surface area contributed by atoms with Crippen molar-refractivity contribution >= 4 is 40.4 Å². The van der Waals surface area contributed by atoms with E-state index in [1.54, 1.807) is 36.9 Å². The second-order valence-corrected chi connectivity index (χ2v) is 6.97. The van der Waals surface area contributed by atoms with Gasteiger partial charge in [-0.05, 0) is 43.5 Å². The number of ether oxygens (including phenoxy) is 1. The lowest BCUT2D eigenvalue weighted by atomic mass is 10.2. The van der Waals surface area contributed by atoms with Gasteiger partial charge >= 0.3 is 5.97 Å². The van der Waals surface area contributed by atoms with Crippen LogP contribution in [-0.4, -0.2) is 34.8 Å². The summed E-state index contributed by atoms with van der Waals surface area (Å²) in [5.41, 5.74) is 1.08. The first-order chi connectivity index (χ1) is 13.4. The lowest BCUT2D eigenvalue weighted by molar-refractivity contribution is -0.116. The SMILES string of the molecule is COC(=O)c1cn(CC(=O)Nc2cccc(SC)c2)c2nc(C)ccc2c1=O. The number of aromatic nitrogens is 2. The Labute approximate surface area is 165 Å². The molecule has 8 heteroatoms. The smallest absolute Gasteiger partial charge is 0.343 e. The van der Waals surface area contributed by atoms with E-state index in [1.165, 1.54) is 17.9 Å². The fourth-order valence-electron chi connectivity index (χ4n) is 2.79. The lowest BCUT2D eigenvalue weighted by Crippen LogP contribution is -2.25. The lowest BCUT2D eigenvalue weighted by Gasteiger charge is -2.13. The van der Waals surface area contributed by atoms with Crippen LogP contribution in [0.25, 0.3) is 11.0 Å². The average molecular weight is 397 g/mol. The Balaban J connectivity index is 2.00. The normalized spacial score (nSPS) is 10.7. The van der Waals surface area contributed by atoms with E-state index >= 15 is 0 Å². The molecule has 7 nitrogen and oxygen atoms in total. The van der Waals surface area contributed by atoms with Gasteiger partial charge in [0, 0.05) is 22.5 Å². The first-order valence-electron chi connectivity index (χ1n) is 8.46. The molecule has 3 aromatic rings. The van der Waals surface area contributed by atoms with Crippen molar-refractivity contribution in [2.75, 3.05) is 18.7 Å². The third-order valence-electron chi connectivity index (χ3n) is 4.13. The van der Waals surface area contributed by atoms with Crippen LogP contribution in [-0.2, 0) is 16.1 Å². The molecule has 0 aliphatic heterocycles. The van der Waals surface area contributed by atoms with Gasteiger partial charge in [0.1, 0.15) is 17.8 Å². The van der Waals surface area contributed by atoms with Crippen LogP contribution in [0.3, 0.4) is 0 Å². The number of pyridine rings is 2. The third-order valence-corrected chi connectivity index (χ3v) is 4.86. The summed E-state index contributed by atoms with van der Waals surface area (Å²) in [6, 6.07) is 10.8. The van der Waals surface area contributed by atoms with Gasteiger partial charge in [0.25, 0.3) is 0 Å². The van der Waals surface area contributed by atoms with E-state index in [-0.39, 0.29) is 23.4 Å². The number of fused-ring (bicyclic) bond motifs is 1. The molecule has 1 aromatic carbocycles. The van der Waals surface area contributed by atoms with E-state index in [1.807, 2.05) is 24.5 Å². The number of amides is 1. The van der Waals surface area contributed by atoms with Gasteiger partial charge in [-0.25, -0.2) is 9.78 Å². The quantitative estimate of drug-likeness (QED) is 0.526. The van der Waals surface area contributed by atoms with Crippen molar-refractivity contribution in [1.82, 2.24) is 9.55 Å². The van der Waals surface area contributed by atoms with Crippen LogP contribution in [0.4, 0.5) is 5.69 Å². The first-order valence-corrected chi connectivity index (χ1v) is 9.68. The number of hydrogen-bond donors (Lipinski definition) is 1. The summed E-state index contributed by atoms with van der Waals surface area (Å²) >= 11 is 1.57. The molecule has 0 aliphatic rings. The van der Waals surface area contributed by atoms with Crippen molar-refractivity contribution in [2.45, 2.75) is 18.4 Å². The van der Waals surface area contributed by atoms with Gasteiger partial charge in [0.05, 0.1) is 12.5 Å². The van der Waals surface area contributed by atoms with Crippen LogP contribution in [0, 0.1) is 6.92 Å². The molecule has 28 heavy (non-hydrogen) atoms. The predicted octanol–water partition coefficient (Wildman–Crippen LogP) is 2.85. The fourth-order valence-corrected chi connectivity index (χ4v) is 3.25. The molecule has 0 atom stereocenters. The van der Waals surface area contributed by atoms with E-state index in [9.17, 15) is 14.4 Å². The van der Waals surface area contributed by atoms with Crippen LogP contribution in [0.5, 0.6) is 0 Å². The maximum atomic E-state index is 12.6. The monoisotopic (exact) mass is 397 g/mol. The molecule has 0 radical (unpaired) electrons. The largest absolute Gasteiger partial charge is 0.465 e. The van der Waals surface area contributed by atoms with Crippen molar-refractivity contribution in [3.05, 3.63) is 64.1 Å². The summed E-state index contributed by atoms with van der Waals surface area (Å²) in [4.78, 5) is 42.6. The fraction of sp³-hybridized carbons (Fsp3) is 0.200. The van der Waals surface area contributed by atoms with Crippen LogP contribution >= 0.6 is 11.8 Å². The summed E-state index contributed by atoms with van der Waals surface area (Å²) < 4.78 is 6.19. The Morgan fingerprint density at radius 1 is 1.25 bits per heavy atom. The number of carbonyl (C=O) groups excluding carboxylic acids is 2. The highest BCUT2D eigenvalue weighted by atomic mass is 32.2. The van der Waals surface area contributed by atoms with E-state index in [2.05, 4.69) is 10.3 Å². The number of thioether (sulfide) groups is 1. The molecule has 2 aromatic heterocycles. The molecule has 0 spiro atoms. The van der Waals surface area contributed by atoms with Crippen LogP contribution in [0.1, 0.15) is 16.1 Å². The molecule has 0 aliphatic carbocycles. The van der Waals surface area contributed by atoms with Gasteiger partial charge in [-0.15, -0.1) is 11.8 Å². The van der Waals surface area contributed by atoms with Crippen molar-refractivity contribution in [1.29, 1.82) is 0 Å². The van der Waals surface area contributed by atoms with Crippen molar-refractivity contribution in [3.8, 4) is 0 Å². The van der Waals surface area contributed by atoms with Gasteiger partial charge in [0.15, 0.2) is 0 Å². The zero-order valence-electron chi connectivity index (χ0n) is 15.7. The highest BCUT2D eigenvalue weighted by Gasteiger charge is 2.18. The standard InChI is InChI=1S/C20H19N3O4S/c1-12-7-8-15-18(25)16(20(26)27-2)10-23(19(15)21-12)11-17(24)22-13-5-4-6-14(9-13)28-3/h4-10H,11H2,1-3H3,(H,22,24). The van der Waals surface area contributed by atoms with E-state index in [0.717, 1.165) is 4.90 Å². The Bertz CT molecular complexity index is 1120. The van der Waals surface area contributed by atoms with Crippen LogP contribution < -0.4 is 10.7 Å². The van der Waals surface area contributed by atoms with Gasteiger partial charge < -0.3 is 14.6 Å². The van der Waals surface area contributed by atoms with Gasteiger partial charge in [-0.2, -0.15) is 0 Å². The zero-order valence-corrected chi connectivity index (χ0v) is 16.5. The first kappa shape index (κ1) is 19.6. The highest BCUT2D eigenvalue weighted by molar-refractivity contribution is 7.98. The summed E-state index contributed by atoms with van der Waals surface area (Å²) in [5.74, 6) is -1.06. The number of hydrogen-bond acceptors (Lipinski definition) is 6. The van der Waals surface area contributed by atoms with Crippen LogP contribution in [0.15, 0.2) is 52.3 Å². The van der Waals surface area contributed by atoms with Gasteiger partial charge in [-0.3, -0.25) is 9.59 Å². The van der Waals surface area contributed by atoms with Crippen molar-refractivity contribution in [3.63, 3.8) is 0 Å². The molecule has 1 amide bonds. The Kier molecular flexibility index (Phi) is 5.79. The molecule has 0 saturated heterocycles. The molecule has 144 valence electrons. The summed E-state index contributed by atoms with van der Waals surface area (Å²) in [7, 11) is 1.20. The molecule has 2 heterocycles.